The summed E-state index contributed by atoms with van der Waals surface area (Å²) in [5.74, 6) is 0. The maximum Gasteiger partial charge on any atom is 0.352 e. The van der Waals surface area contributed by atoms with Gasteiger partial charge in [0.05, 0.1) is 6.33 Å². The lowest BCUT2D eigenvalue weighted by molar-refractivity contribution is 0.643. The summed E-state index contributed by atoms with van der Waals surface area (Å²) >= 11 is 0. The van der Waals surface area contributed by atoms with Crippen molar-refractivity contribution in [2.45, 2.75) is 39.8 Å². The van der Waals surface area contributed by atoms with Gasteiger partial charge >= 0.3 is 11.4 Å². The standard InChI is InChI=1S/C12H16N6O2/c1-3-5-16-7-13-9-8(16)10-14-15-11(19)18(10)12(20)17(9)6-4-2/h7H,3-6H2,1-2H3,(H,15,19). The molecule has 106 valence electrons. The van der Waals surface area contributed by atoms with Crippen molar-refractivity contribution >= 4 is 16.8 Å². The second kappa shape index (κ2) is 4.62. The Kier molecular flexibility index (Phi) is 2.92. The highest BCUT2D eigenvalue weighted by molar-refractivity contribution is 5.85. The number of hydrogen-bond donors (Lipinski definition) is 1. The summed E-state index contributed by atoms with van der Waals surface area (Å²) in [6.45, 7) is 5.31. The summed E-state index contributed by atoms with van der Waals surface area (Å²) in [6, 6.07) is 0. The SMILES string of the molecule is CCCn1cnc2c1c1n[nH]c(=O)n1c(=O)n2CCC. The molecule has 0 radical (unpaired) electrons. The van der Waals surface area contributed by atoms with Gasteiger partial charge in [-0.2, -0.15) is 9.50 Å². The van der Waals surface area contributed by atoms with Gasteiger partial charge in [0.2, 0.25) is 0 Å². The smallest absolute Gasteiger partial charge is 0.326 e. The van der Waals surface area contributed by atoms with Gasteiger partial charge in [0.1, 0.15) is 5.52 Å². The van der Waals surface area contributed by atoms with Crippen LogP contribution in [0.15, 0.2) is 15.9 Å². The highest BCUT2D eigenvalue weighted by Gasteiger charge is 2.18. The third-order valence-corrected chi connectivity index (χ3v) is 3.29. The maximum atomic E-state index is 12.4. The first-order chi connectivity index (χ1) is 9.69. The number of hydrogen-bond acceptors (Lipinski definition) is 4. The van der Waals surface area contributed by atoms with Gasteiger partial charge < -0.3 is 4.57 Å². The highest BCUT2D eigenvalue weighted by Crippen LogP contribution is 2.15. The van der Waals surface area contributed by atoms with E-state index in [0.29, 0.717) is 17.8 Å². The third-order valence-electron chi connectivity index (χ3n) is 3.29. The topological polar surface area (TPSA) is 90.0 Å². The third kappa shape index (κ3) is 1.60. The van der Waals surface area contributed by atoms with E-state index in [1.807, 2.05) is 11.5 Å². The van der Waals surface area contributed by atoms with Crippen LogP contribution in [0.2, 0.25) is 0 Å². The molecule has 0 fully saturated rings. The minimum absolute atomic E-state index is 0.341. The molecule has 0 saturated heterocycles. The van der Waals surface area contributed by atoms with Gasteiger partial charge in [-0.15, -0.1) is 0 Å². The van der Waals surface area contributed by atoms with Crippen molar-refractivity contribution in [1.29, 1.82) is 0 Å². The molecule has 0 aliphatic carbocycles. The van der Waals surface area contributed by atoms with Gasteiger partial charge in [-0.05, 0) is 12.8 Å². The van der Waals surface area contributed by atoms with Crippen molar-refractivity contribution in [1.82, 2.24) is 28.7 Å². The van der Waals surface area contributed by atoms with E-state index in [-0.39, 0.29) is 0 Å². The van der Waals surface area contributed by atoms with Crippen LogP contribution >= 0.6 is 0 Å². The fourth-order valence-corrected chi connectivity index (χ4v) is 2.48. The second-order valence-corrected chi connectivity index (χ2v) is 4.73. The van der Waals surface area contributed by atoms with Crippen LogP contribution in [0.3, 0.4) is 0 Å². The van der Waals surface area contributed by atoms with E-state index in [2.05, 4.69) is 22.1 Å². The molecular formula is C12H16N6O2. The molecule has 0 amide bonds. The first kappa shape index (κ1) is 12.6. The number of H-pyrrole nitrogens is 1. The fraction of sp³-hybridized carbons (Fsp3) is 0.500. The Morgan fingerprint density at radius 2 is 1.90 bits per heavy atom. The van der Waals surface area contributed by atoms with Crippen molar-refractivity contribution in [2.75, 3.05) is 0 Å². The van der Waals surface area contributed by atoms with Gasteiger partial charge in [-0.1, -0.05) is 13.8 Å². The zero-order valence-electron chi connectivity index (χ0n) is 11.5. The van der Waals surface area contributed by atoms with Crippen molar-refractivity contribution in [3.05, 3.63) is 27.3 Å². The van der Waals surface area contributed by atoms with E-state index in [1.165, 1.54) is 4.57 Å². The molecule has 20 heavy (non-hydrogen) atoms. The lowest BCUT2D eigenvalue weighted by Crippen LogP contribution is -2.33. The molecule has 3 aromatic rings. The first-order valence-electron chi connectivity index (χ1n) is 6.73. The zero-order valence-corrected chi connectivity index (χ0v) is 11.5. The molecule has 0 bridgehead atoms. The largest absolute Gasteiger partial charge is 0.352 e. The zero-order chi connectivity index (χ0) is 14.3. The van der Waals surface area contributed by atoms with Gasteiger partial charge in [-0.3, -0.25) is 4.57 Å². The summed E-state index contributed by atoms with van der Waals surface area (Å²) in [4.78, 5) is 28.5. The Labute approximate surface area is 113 Å². The molecule has 8 nitrogen and oxygen atoms in total. The molecule has 0 aliphatic heterocycles. The van der Waals surface area contributed by atoms with Crippen molar-refractivity contribution < 1.29 is 0 Å². The number of rotatable bonds is 4. The Morgan fingerprint density at radius 1 is 1.15 bits per heavy atom. The lowest BCUT2D eigenvalue weighted by atomic mass is 10.4. The summed E-state index contributed by atoms with van der Waals surface area (Å²) in [5.41, 5.74) is 0.735. The molecule has 0 atom stereocenters. The lowest BCUT2D eigenvalue weighted by Gasteiger charge is -2.07. The summed E-state index contributed by atoms with van der Waals surface area (Å²) in [5, 5.41) is 6.32. The van der Waals surface area contributed by atoms with Gasteiger partial charge in [0.25, 0.3) is 0 Å². The summed E-state index contributed by atoms with van der Waals surface area (Å²) in [6.07, 6.45) is 3.41. The van der Waals surface area contributed by atoms with Crippen molar-refractivity contribution in [2.24, 2.45) is 0 Å². The number of fused-ring (bicyclic) bond motifs is 3. The predicted molar refractivity (Wildman–Crippen MR) is 73.9 cm³/mol. The number of nitrogens with one attached hydrogen (secondary N) is 1. The number of aromatic amines is 1. The minimum Gasteiger partial charge on any atom is -0.326 e. The van der Waals surface area contributed by atoms with E-state index >= 15 is 0 Å². The van der Waals surface area contributed by atoms with E-state index < -0.39 is 11.4 Å². The minimum atomic E-state index is -0.513. The van der Waals surface area contributed by atoms with Crippen LogP contribution in [0.5, 0.6) is 0 Å². The highest BCUT2D eigenvalue weighted by atomic mass is 16.2. The molecule has 0 saturated carbocycles. The Bertz CT molecular complexity index is 881. The Morgan fingerprint density at radius 3 is 2.60 bits per heavy atom. The van der Waals surface area contributed by atoms with Crippen LogP contribution in [-0.2, 0) is 13.1 Å². The molecule has 0 spiro atoms. The van der Waals surface area contributed by atoms with Gasteiger partial charge in [0.15, 0.2) is 11.3 Å². The Balaban J connectivity index is 2.52. The maximum absolute atomic E-state index is 12.4. The number of aryl methyl sites for hydroxylation is 2. The number of nitrogens with zero attached hydrogens (tertiary/aromatic N) is 5. The van der Waals surface area contributed by atoms with Crippen LogP contribution in [-0.4, -0.2) is 28.7 Å². The fourth-order valence-electron chi connectivity index (χ4n) is 2.48. The average Bonchev–Trinajstić information content (AvgIpc) is 2.99. The molecular weight excluding hydrogens is 260 g/mol. The average molecular weight is 276 g/mol. The van der Waals surface area contributed by atoms with Crippen LogP contribution in [0.25, 0.3) is 16.8 Å². The van der Waals surface area contributed by atoms with Gasteiger partial charge in [0, 0.05) is 13.1 Å². The van der Waals surface area contributed by atoms with Crippen molar-refractivity contribution in [3.63, 3.8) is 0 Å². The molecule has 3 heterocycles. The molecule has 3 rings (SSSR count). The number of aromatic nitrogens is 6. The van der Waals surface area contributed by atoms with E-state index in [0.717, 1.165) is 29.3 Å². The molecule has 8 heteroatoms. The van der Waals surface area contributed by atoms with Crippen LogP contribution < -0.4 is 11.4 Å². The normalized spacial score (nSPS) is 11.7. The number of imidazole rings is 1. The quantitative estimate of drug-likeness (QED) is 0.744. The molecule has 0 aromatic carbocycles. The first-order valence-corrected chi connectivity index (χ1v) is 6.73. The summed E-state index contributed by atoms with van der Waals surface area (Å²) < 4.78 is 4.54. The van der Waals surface area contributed by atoms with E-state index in [9.17, 15) is 9.59 Å². The van der Waals surface area contributed by atoms with E-state index in [4.69, 9.17) is 0 Å². The molecule has 1 N–H and O–H groups in total. The predicted octanol–water partition coefficient (Wildman–Crippen LogP) is 0.354. The van der Waals surface area contributed by atoms with Gasteiger partial charge in [-0.25, -0.2) is 19.7 Å². The second-order valence-electron chi connectivity index (χ2n) is 4.73. The monoisotopic (exact) mass is 276 g/mol. The van der Waals surface area contributed by atoms with Crippen molar-refractivity contribution in [3.8, 4) is 0 Å². The molecule has 3 aromatic heterocycles. The molecule has 0 aliphatic rings. The van der Waals surface area contributed by atoms with E-state index in [1.54, 1.807) is 6.33 Å². The molecule has 0 unspecified atom stereocenters. The van der Waals surface area contributed by atoms with Crippen LogP contribution in [0.1, 0.15) is 26.7 Å². The van der Waals surface area contributed by atoms with Crippen LogP contribution in [0, 0.1) is 0 Å². The summed E-state index contributed by atoms with van der Waals surface area (Å²) in [7, 11) is 0. The van der Waals surface area contributed by atoms with Crippen LogP contribution in [0.4, 0.5) is 0 Å². The Hall–Kier alpha value is -2.38.